The van der Waals surface area contributed by atoms with Crippen molar-refractivity contribution >= 4 is 9.84 Å². The molecule has 0 spiro atoms. The average Bonchev–Trinajstić information content (AvgIpc) is 2.62. The molecule has 6 heteroatoms. The third-order valence-corrected chi connectivity index (χ3v) is 5.07. The Morgan fingerprint density at radius 3 is 2.88 bits per heavy atom. The van der Waals surface area contributed by atoms with Crippen molar-refractivity contribution in [1.29, 1.82) is 0 Å². The van der Waals surface area contributed by atoms with Crippen molar-refractivity contribution in [1.82, 2.24) is 5.43 Å². The van der Waals surface area contributed by atoms with Crippen LogP contribution in [-0.4, -0.2) is 32.6 Å². The van der Waals surface area contributed by atoms with Gasteiger partial charge < -0.3 is 4.74 Å². The van der Waals surface area contributed by atoms with Crippen LogP contribution in [0, 0.1) is 5.92 Å². The predicted molar refractivity (Wildman–Crippen MR) is 61.1 cm³/mol. The van der Waals surface area contributed by atoms with E-state index in [1.807, 2.05) is 0 Å². The highest BCUT2D eigenvalue weighted by atomic mass is 32.2. The van der Waals surface area contributed by atoms with E-state index in [-0.39, 0.29) is 23.5 Å². The van der Waals surface area contributed by atoms with Crippen molar-refractivity contribution < 1.29 is 13.2 Å². The van der Waals surface area contributed by atoms with Crippen LogP contribution in [-0.2, 0) is 14.6 Å². The summed E-state index contributed by atoms with van der Waals surface area (Å²) in [4.78, 5) is 0. The highest BCUT2D eigenvalue weighted by Gasteiger charge is 2.35. The highest BCUT2D eigenvalue weighted by molar-refractivity contribution is 7.91. The fraction of sp³-hybridized carbons (Fsp3) is 0.800. The summed E-state index contributed by atoms with van der Waals surface area (Å²) in [6, 6.07) is -0.0578. The van der Waals surface area contributed by atoms with Gasteiger partial charge >= 0.3 is 0 Å². The molecule has 3 N–H and O–H groups in total. The summed E-state index contributed by atoms with van der Waals surface area (Å²) in [7, 11) is -2.85. The van der Waals surface area contributed by atoms with Crippen LogP contribution in [0.2, 0.25) is 0 Å². The first kappa shape index (κ1) is 11.9. The second-order valence-corrected chi connectivity index (χ2v) is 6.70. The van der Waals surface area contributed by atoms with Crippen molar-refractivity contribution in [2.45, 2.75) is 25.3 Å². The quantitative estimate of drug-likeness (QED) is 0.539. The van der Waals surface area contributed by atoms with E-state index in [9.17, 15) is 8.42 Å². The van der Waals surface area contributed by atoms with E-state index in [1.54, 1.807) is 6.26 Å². The van der Waals surface area contributed by atoms with Crippen LogP contribution in [0.3, 0.4) is 0 Å². The summed E-state index contributed by atoms with van der Waals surface area (Å²) in [5, 5.41) is 0. The minimum atomic E-state index is -2.85. The Hall–Kier alpha value is -0.590. The second kappa shape index (κ2) is 4.73. The number of ether oxygens (including phenoxy) is 1. The van der Waals surface area contributed by atoms with Crippen molar-refractivity contribution in [3.63, 3.8) is 0 Å². The summed E-state index contributed by atoms with van der Waals surface area (Å²) >= 11 is 0. The molecule has 16 heavy (non-hydrogen) atoms. The van der Waals surface area contributed by atoms with E-state index in [0.29, 0.717) is 6.42 Å². The van der Waals surface area contributed by atoms with Gasteiger partial charge in [0.1, 0.15) is 0 Å². The predicted octanol–water partition coefficient (Wildman–Crippen LogP) is -0.0527. The molecule has 0 amide bonds. The lowest BCUT2D eigenvalue weighted by atomic mass is 9.90. The molecular formula is C10H18N2O3S. The van der Waals surface area contributed by atoms with E-state index in [1.165, 1.54) is 0 Å². The molecule has 0 bridgehead atoms. The number of rotatable bonds is 3. The van der Waals surface area contributed by atoms with Crippen LogP contribution in [0.4, 0.5) is 0 Å². The van der Waals surface area contributed by atoms with E-state index >= 15 is 0 Å². The summed E-state index contributed by atoms with van der Waals surface area (Å²) in [5.74, 6) is 6.13. The maximum absolute atomic E-state index is 11.4. The van der Waals surface area contributed by atoms with Gasteiger partial charge in [0, 0.05) is 6.04 Å². The first-order valence-electron chi connectivity index (χ1n) is 5.59. The lowest BCUT2D eigenvalue weighted by molar-refractivity contribution is 0.215. The van der Waals surface area contributed by atoms with Crippen LogP contribution >= 0.6 is 0 Å². The van der Waals surface area contributed by atoms with Crippen molar-refractivity contribution in [2.75, 3.05) is 18.1 Å². The monoisotopic (exact) mass is 246 g/mol. The van der Waals surface area contributed by atoms with Crippen LogP contribution in [0.25, 0.3) is 0 Å². The van der Waals surface area contributed by atoms with Gasteiger partial charge in [-0.1, -0.05) is 0 Å². The number of hydrogen-bond donors (Lipinski definition) is 2. The molecule has 1 fully saturated rings. The van der Waals surface area contributed by atoms with E-state index in [4.69, 9.17) is 10.6 Å². The Kier molecular flexibility index (Phi) is 3.51. The minimum absolute atomic E-state index is 0.0578. The first-order valence-corrected chi connectivity index (χ1v) is 7.41. The largest absolute Gasteiger partial charge is 0.501 e. The molecule has 0 saturated carbocycles. The third-order valence-electron chi connectivity index (χ3n) is 3.28. The molecule has 5 nitrogen and oxygen atoms in total. The summed E-state index contributed by atoms with van der Waals surface area (Å²) in [6.07, 6.45) is 4.34. The molecule has 0 aromatic rings. The number of hydrogen-bond acceptors (Lipinski definition) is 5. The molecule has 0 aromatic carbocycles. The van der Waals surface area contributed by atoms with E-state index in [2.05, 4.69) is 5.43 Å². The van der Waals surface area contributed by atoms with Gasteiger partial charge in [-0.2, -0.15) is 0 Å². The van der Waals surface area contributed by atoms with Crippen LogP contribution in [0.1, 0.15) is 19.3 Å². The van der Waals surface area contributed by atoms with E-state index in [0.717, 1.165) is 25.0 Å². The second-order valence-electron chi connectivity index (χ2n) is 4.47. The number of nitrogens with one attached hydrogen (secondary N) is 1. The fourth-order valence-corrected chi connectivity index (χ4v) is 4.29. The molecule has 0 aromatic heterocycles. The molecule has 2 aliphatic heterocycles. The van der Waals surface area contributed by atoms with Gasteiger partial charge in [0.25, 0.3) is 0 Å². The Morgan fingerprint density at radius 2 is 2.38 bits per heavy atom. The molecule has 1 saturated heterocycles. The van der Waals surface area contributed by atoms with Gasteiger partial charge in [-0.25, -0.2) is 8.42 Å². The van der Waals surface area contributed by atoms with Gasteiger partial charge in [-0.05, 0) is 30.8 Å². The van der Waals surface area contributed by atoms with Crippen molar-refractivity contribution in [2.24, 2.45) is 11.8 Å². The SMILES string of the molecule is NNC(C1=COCCC1)C1CCS(=O)(=O)C1. The normalized spacial score (nSPS) is 30.6. The zero-order valence-corrected chi connectivity index (χ0v) is 10.0. The van der Waals surface area contributed by atoms with Crippen LogP contribution < -0.4 is 11.3 Å². The summed E-state index contributed by atoms with van der Waals surface area (Å²) in [5.41, 5.74) is 3.83. The number of nitrogens with two attached hydrogens (primary N) is 1. The highest BCUT2D eigenvalue weighted by Crippen LogP contribution is 2.28. The smallest absolute Gasteiger partial charge is 0.150 e. The van der Waals surface area contributed by atoms with Crippen LogP contribution in [0.15, 0.2) is 11.8 Å². The van der Waals surface area contributed by atoms with E-state index < -0.39 is 9.84 Å². The average molecular weight is 246 g/mol. The molecule has 0 aliphatic carbocycles. The number of hydrazine groups is 1. The Labute approximate surface area is 95.9 Å². The molecular weight excluding hydrogens is 228 g/mol. The van der Waals surface area contributed by atoms with Gasteiger partial charge in [-0.15, -0.1) is 0 Å². The van der Waals surface area contributed by atoms with Gasteiger partial charge in [0.05, 0.1) is 24.4 Å². The zero-order chi connectivity index (χ0) is 11.6. The molecule has 92 valence electrons. The Morgan fingerprint density at radius 1 is 1.56 bits per heavy atom. The maximum atomic E-state index is 11.4. The van der Waals surface area contributed by atoms with Crippen molar-refractivity contribution in [3.8, 4) is 0 Å². The first-order chi connectivity index (χ1) is 7.62. The molecule has 2 unspecified atom stereocenters. The van der Waals surface area contributed by atoms with Crippen molar-refractivity contribution in [3.05, 3.63) is 11.8 Å². The standard InChI is InChI=1S/C10H18N2O3S/c11-12-10(8-2-1-4-15-6-8)9-3-5-16(13,14)7-9/h6,9-10,12H,1-5,7,11H2. The summed E-state index contributed by atoms with van der Waals surface area (Å²) < 4.78 is 28.1. The molecule has 2 atom stereocenters. The molecule has 2 heterocycles. The lowest BCUT2D eigenvalue weighted by Crippen LogP contribution is -2.43. The third kappa shape index (κ3) is 2.56. The minimum Gasteiger partial charge on any atom is -0.501 e. The van der Waals surface area contributed by atoms with Gasteiger partial charge in [0.2, 0.25) is 0 Å². The Bertz CT molecular complexity index is 378. The van der Waals surface area contributed by atoms with Gasteiger partial charge in [0.15, 0.2) is 9.84 Å². The van der Waals surface area contributed by atoms with Gasteiger partial charge in [-0.3, -0.25) is 11.3 Å². The molecule has 2 rings (SSSR count). The topological polar surface area (TPSA) is 81.4 Å². The molecule has 0 radical (unpaired) electrons. The number of sulfone groups is 1. The zero-order valence-electron chi connectivity index (χ0n) is 9.19. The fourth-order valence-electron chi connectivity index (χ4n) is 2.45. The maximum Gasteiger partial charge on any atom is 0.150 e. The molecule has 2 aliphatic rings. The Balaban J connectivity index is 2.08. The van der Waals surface area contributed by atoms with Crippen LogP contribution in [0.5, 0.6) is 0 Å². The summed E-state index contributed by atoms with van der Waals surface area (Å²) in [6.45, 7) is 0.740. The lowest BCUT2D eigenvalue weighted by Gasteiger charge is -2.26.